The van der Waals surface area contributed by atoms with Gasteiger partial charge in [0.25, 0.3) is 0 Å². The summed E-state index contributed by atoms with van der Waals surface area (Å²) in [6.45, 7) is 5.36. The first kappa shape index (κ1) is 19.6. The first-order valence-corrected chi connectivity index (χ1v) is 10.6. The van der Waals surface area contributed by atoms with Gasteiger partial charge in [-0.1, -0.05) is 0 Å². The van der Waals surface area contributed by atoms with Crippen molar-refractivity contribution in [3.05, 3.63) is 39.3 Å². The van der Waals surface area contributed by atoms with Crippen LogP contribution in [0.25, 0.3) is 10.2 Å². The van der Waals surface area contributed by atoms with Gasteiger partial charge in [0.05, 0.1) is 23.3 Å². The van der Waals surface area contributed by atoms with E-state index in [0.717, 1.165) is 29.5 Å². The molecule has 7 nitrogen and oxygen atoms in total. The number of thiophene rings is 1. The highest BCUT2D eigenvalue weighted by atomic mass is 32.1. The molecule has 3 heterocycles. The second-order valence-corrected chi connectivity index (χ2v) is 8.21. The highest BCUT2D eigenvalue weighted by molar-refractivity contribution is 7.18. The summed E-state index contributed by atoms with van der Waals surface area (Å²) in [6.07, 6.45) is 5.87. The van der Waals surface area contributed by atoms with Crippen LogP contribution in [0.3, 0.4) is 0 Å². The summed E-state index contributed by atoms with van der Waals surface area (Å²) in [6, 6.07) is 0. The largest absolute Gasteiger partial charge is 0.469 e. The van der Waals surface area contributed by atoms with Crippen LogP contribution in [0.4, 0.5) is 0 Å². The Morgan fingerprint density at radius 1 is 1.21 bits per heavy atom. The molecule has 152 valence electrons. The maximum absolute atomic E-state index is 12.8. The normalized spacial score (nSPS) is 13.3. The Balaban J connectivity index is 1.57. The molecule has 0 aromatic carbocycles. The van der Waals surface area contributed by atoms with E-state index in [1.165, 1.54) is 23.2 Å². The van der Waals surface area contributed by atoms with Crippen LogP contribution in [0, 0.1) is 13.8 Å². The van der Waals surface area contributed by atoms with Crippen molar-refractivity contribution < 1.29 is 19.1 Å². The smallest absolute Gasteiger partial charge is 0.340 e. The molecule has 0 unspecified atom stereocenters. The van der Waals surface area contributed by atoms with Gasteiger partial charge in [-0.3, -0.25) is 4.79 Å². The van der Waals surface area contributed by atoms with Crippen LogP contribution in [0.5, 0.6) is 5.88 Å². The number of aryl methyl sites for hydroxylation is 3. The van der Waals surface area contributed by atoms with Crippen molar-refractivity contribution in [2.24, 2.45) is 0 Å². The molecule has 1 aliphatic rings. The van der Waals surface area contributed by atoms with Gasteiger partial charge in [-0.15, -0.1) is 11.3 Å². The average Bonchev–Trinajstić information content (AvgIpc) is 3.23. The van der Waals surface area contributed by atoms with Gasteiger partial charge >= 0.3 is 5.97 Å². The minimum Gasteiger partial charge on any atom is -0.469 e. The van der Waals surface area contributed by atoms with Gasteiger partial charge in [0.15, 0.2) is 6.61 Å². The molecule has 0 saturated heterocycles. The van der Waals surface area contributed by atoms with Gasteiger partial charge in [-0.2, -0.15) is 0 Å². The molecular weight excluding hydrogens is 390 g/mol. The van der Waals surface area contributed by atoms with Crippen molar-refractivity contribution in [3.8, 4) is 5.88 Å². The van der Waals surface area contributed by atoms with E-state index in [2.05, 4.69) is 15.0 Å². The highest BCUT2D eigenvalue weighted by Crippen LogP contribution is 2.39. The predicted molar refractivity (Wildman–Crippen MR) is 110 cm³/mol. The summed E-state index contributed by atoms with van der Waals surface area (Å²) in [7, 11) is 0. The first-order valence-electron chi connectivity index (χ1n) is 9.78. The Labute approximate surface area is 172 Å². The maximum atomic E-state index is 12.8. The zero-order valence-electron chi connectivity index (χ0n) is 16.8. The van der Waals surface area contributed by atoms with Gasteiger partial charge in [-0.25, -0.2) is 14.8 Å². The number of nitrogens with zero attached hydrogens (tertiary/aromatic N) is 2. The molecule has 0 spiro atoms. The molecule has 0 bridgehead atoms. The first-order chi connectivity index (χ1) is 14.0. The Morgan fingerprint density at radius 2 is 2.00 bits per heavy atom. The minimum absolute atomic E-state index is 0.167. The number of carbonyl (C=O) groups is 2. The number of ketones is 1. The molecule has 1 aliphatic carbocycles. The number of hydrogen-bond donors (Lipinski definition) is 1. The number of rotatable bonds is 6. The number of esters is 1. The number of Topliss-reactive ketones (excluding diaryl/α,β-unsaturated/α-hetero) is 1. The summed E-state index contributed by atoms with van der Waals surface area (Å²) in [4.78, 5) is 38.9. The monoisotopic (exact) mass is 413 g/mol. The van der Waals surface area contributed by atoms with Gasteiger partial charge in [-0.05, 0) is 57.6 Å². The van der Waals surface area contributed by atoms with Gasteiger partial charge in [0, 0.05) is 10.6 Å². The number of aromatic amines is 1. The number of ether oxygens (including phenoxy) is 2. The van der Waals surface area contributed by atoms with Gasteiger partial charge in [0.1, 0.15) is 11.2 Å². The van der Waals surface area contributed by atoms with Crippen LogP contribution in [-0.2, 0) is 17.6 Å². The number of fused-ring (bicyclic) bond motifs is 3. The number of nitrogens with one attached hydrogen (secondary N) is 1. The van der Waals surface area contributed by atoms with Crippen molar-refractivity contribution in [2.45, 2.75) is 46.5 Å². The highest BCUT2D eigenvalue weighted by Gasteiger charge is 2.24. The summed E-state index contributed by atoms with van der Waals surface area (Å²) in [5.74, 6) is -0.215. The number of hydrogen-bond acceptors (Lipinski definition) is 7. The topological polar surface area (TPSA) is 94.2 Å². The maximum Gasteiger partial charge on any atom is 0.340 e. The predicted octanol–water partition coefficient (Wildman–Crippen LogP) is 3.95. The quantitative estimate of drug-likeness (QED) is 0.486. The Hall–Kier alpha value is -2.74. The molecule has 8 heteroatoms. The summed E-state index contributed by atoms with van der Waals surface area (Å²) in [5.41, 5.74) is 3.22. The fourth-order valence-electron chi connectivity index (χ4n) is 3.92. The van der Waals surface area contributed by atoms with Crippen LogP contribution in [0.15, 0.2) is 6.33 Å². The van der Waals surface area contributed by atoms with Crippen molar-refractivity contribution in [2.75, 3.05) is 13.2 Å². The fourth-order valence-corrected chi connectivity index (χ4v) is 5.13. The lowest BCUT2D eigenvalue weighted by molar-refractivity contribution is 0.0525. The molecular formula is C21H23N3O4S. The zero-order chi connectivity index (χ0) is 20.5. The average molecular weight is 413 g/mol. The van der Waals surface area contributed by atoms with Crippen LogP contribution in [0.1, 0.15) is 62.3 Å². The van der Waals surface area contributed by atoms with Crippen LogP contribution < -0.4 is 4.74 Å². The van der Waals surface area contributed by atoms with Crippen molar-refractivity contribution in [1.82, 2.24) is 15.0 Å². The van der Waals surface area contributed by atoms with Crippen molar-refractivity contribution in [1.29, 1.82) is 0 Å². The second kappa shape index (κ2) is 7.94. The van der Waals surface area contributed by atoms with Crippen molar-refractivity contribution >= 4 is 33.3 Å². The van der Waals surface area contributed by atoms with E-state index in [1.54, 1.807) is 32.1 Å². The zero-order valence-corrected chi connectivity index (χ0v) is 17.6. The van der Waals surface area contributed by atoms with E-state index in [0.29, 0.717) is 28.4 Å². The molecule has 3 aromatic rings. The Morgan fingerprint density at radius 3 is 2.79 bits per heavy atom. The summed E-state index contributed by atoms with van der Waals surface area (Å²) >= 11 is 1.69. The molecule has 4 rings (SSSR count). The number of H-pyrrole nitrogens is 1. The third-order valence-corrected chi connectivity index (χ3v) is 6.45. The van der Waals surface area contributed by atoms with Gasteiger partial charge < -0.3 is 14.5 Å². The summed E-state index contributed by atoms with van der Waals surface area (Å²) in [5, 5.41) is 0.937. The number of carbonyl (C=O) groups excluding carboxylic acids is 2. The third kappa shape index (κ3) is 3.53. The van der Waals surface area contributed by atoms with Crippen LogP contribution >= 0.6 is 11.3 Å². The molecule has 3 aromatic heterocycles. The summed E-state index contributed by atoms with van der Waals surface area (Å²) < 4.78 is 10.9. The Bertz CT molecular complexity index is 1100. The van der Waals surface area contributed by atoms with E-state index in [1.807, 2.05) is 0 Å². The molecule has 0 amide bonds. The van der Waals surface area contributed by atoms with Crippen LogP contribution in [0.2, 0.25) is 0 Å². The van der Waals surface area contributed by atoms with E-state index in [-0.39, 0.29) is 19.0 Å². The molecule has 0 atom stereocenters. The lowest BCUT2D eigenvalue weighted by Crippen LogP contribution is -2.14. The number of aromatic nitrogens is 3. The van der Waals surface area contributed by atoms with E-state index in [4.69, 9.17) is 9.47 Å². The fraction of sp³-hybridized carbons (Fsp3) is 0.429. The molecule has 0 radical (unpaired) electrons. The lowest BCUT2D eigenvalue weighted by Gasteiger charge is -2.11. The molecule has 0 aliphatic heterocycles. The van der Waals surface area contributed by atoms with E-state index >= 15 is 0 Å². The second-order valence-electron chi connectivity index (χ2n) is 7.13. The minimum atomic E-state index is -0.430. The standard InChI is InChI=1S/C21H23N3O4S/c1-4-27-21(26)16-11(2)18(24-12(16)3)14(25)9-28-19-17-13-7-5-6-8-15(13)29-20(17)23-10-22-19/h10,24H,4-9H2,1-3H3. The van der Waals surface area contributed by atoms with Gasteiger partial charge in [0.2, 0.25) is 11.7 Å². The van der Waals surface area contributed by atoms with Crippen molar-refractivity contribution in [3.63, 3.8) is 0 Å². The molecule has 0 saturated carbocycles. The molecule has 29 heavy (non-hydrogen) atoms. The lowest BCUT2D eigenvalue weighted by atomic mass is 9.97. The molecule has 1 N–H and O–H groups in total. The Kier molecular flexibility index (Phi) is 5.36. The van der Waals surface area contributed by atoms with E-state index < -0.39 is 5.97 Å². The molecule has 0 fully saturated rings. The van der Waals surface area contributed by atoms with E-state index in [9.17, 15) is 9.59 Å². The third-order valence-electron chi connectivity index (χ3n) is 5.25. The van der Waals surface area contributed by atoms with Crippen LogP contribution in [-0.4, -0.2) is 39.9 Å². The SMILES string of the molecule is CCOC(=O)c1c(C)[nH]c(C(=O)COc2ncnc3sc4c(c23)CCCC4)c1C.